The van der Waals surface area contributed by atoms with Gasteiger partial charge in [0.15, 0.2) is 0 Å². The summed E-state index contributed by atoms with van der Waals surface area (Å²) in [7, 11) is 0. The van der Waals surface area contributed by atoms with Crippen molar-refractivity contribution in [2.75, 3.05) is 106 Å². The average molecular weight is 907 g/mol. The van der Waals surface area contributed by atoms with E-state index in [1.165, 1.54) is 0 Å². The molecular formula is C33H43F17O9. The second kappa shape index (κ2) is 24.3. The van der Waals surface area contributed by atoms with Crippen LogP contribution in [0.15, 0.2) is 24.3 Å². The fraction of sp³-hybridized carbons (Fsp3) is 0.818. The Kier molecular flexibility index (Phi) is 22.6. The van der Waals surface area contributed by atoms with E-state index in [2.05, 4.69) is 0 Å². The average Bonchev–Trinajstić information content (AvgIpc) is 3.15. The van der Waals surface area contributed by atoms with Crippen molar-refractivity contribution in [3.05, 3.63) is 35.4 Å². The summed E-state index contributed by atoms with van der Waals surface area (Å²) in [5.41, 5.74) is -0.0293. The first kappa shape index (κ1) is 54.7. The molecule has 0 radical (unpaired) electrons. The summed E-state index contributed by atoms with van der Waals surface area (Å²) in [6.45, 7) is 4.13. The Hall–Kier alpha value is -2.33. The van der Waals surface area contributed by atoms with Gasteiger partial charge in [0.1, 0.15) is 0 Å². The molecule has 1 N–H and O–H groups in total. The van der Waals surface area contributed by atoms with Crippen molar-refractivity contribution in [3.63, 3.8) is 0 Å². The highest BCUT2D eigenvalue weighted by atomic mass is 19.4. The Labute approximate surface area is 326 Å². The van der Waals surface area contributed by atoms with E-state index >= 15 is 0 Å². The van der Waals surface area contributed by atoms with Crippen LogP contribution in [0.25, 0.3) is 0 Å². The van der Waals surface area contributed by atoms with Gasteiger partial charge in [-0.25, -0.2) is 0 Å². The topological polar surface area (TPSA) is 94.1 Å². The van der Waals surface area contributed by atoms with Gasteiger partial charge in [-0.1, -0.05) is 24.3 Å². The van der Waals surface area contributed by atoms with E-state index in [-0.39, 0.29) is 58.4 Å². The molecule has 0 unspecified atom stereocenters. The van der Waals surface area contributed by atoms with E-state index in [9.17, 15) is 74.6 Å². The van der Waals surface area contributed by atoms with Crippen LogP contribution in [-0.4, -0.2) is 158 Å². The lowest BCUT2D eigenvalue weighted by Gasteiger charge is -2.42. The number of benzene rings is 1. The van der Waals surface area contributed by atoms with Crippen LogP contribution in [0.4, 0.5) is 74.6 Å². The molecule has 0 amide bonds. The molecule has 1 aromatic carbocycles. The Balaban J connectivity index is 2.33. The third-order valence-electron chi connectivity index (χ3n) is 7.65. The molecule has 0 bridgehead atoms. The van der Waals surface area contributed by atoms with Crippen LogP contribution in [0, 0.1) is 0 Å². The number of hydrogen-bond acceptors (Lipinski definition) is 9. The molecule has 348 valence electrons. The molecule has 0 saturated carbocycles. The monoisotopic (exact) mass is 906 g/mol. The molecule has 0 spiro atoms. The highest BCUT2D eigenvalue weighted by molar-refractivity contribution is 5.23. The summed E-state index contributed by atoms with van der Waals surface area (Å²) in [4.78, 5) is 0. The molecule has 26 heteroatoms. The van der Waals surface area contributed by atoms with E-state index < -0.39 is 60.5 Å². The normalized spacial score (nSPS) is 14.1. The molecular weight excluding hydrogens is 863 g/mol. The van der Waals surface area contributed by atoms with E-state index in [0.717, 1.165) is 24.3 Å². The van der Waals surface area contributed by atoms with Crippen LogP contribution in [0.1, 0.15) is 17.5 Å². The molecule has 0 aromatic heterocycles. The van der Waals surface area contributed by atoms with Crippen LogP contribution in [0.5, 0.6) is 0 Å². The van der Waals surface area contributed by atoms with Crippen LogP contribution in [0.3, 0.4) is 0 Å². The highest BCUT2D eigenvalue weighted by Gasteiger charge is 2.95. The number of halogens is 17. The number of aliphatic hydroxyl groups is 1. The predicted molar refractivity (Wildman–Crippen MR) is 168 cm³/mol. The van der Waals surface area contributed by atoms with E-state index in [0.29, 0.717) is 65.0 Å². The third-order valence-corrected chi connectivity index (χ3v) is 7.65. The van der Waals surface area contributed by atoms with Crippen molar-refractivity contribution in [2.45, 2.75) is 67.1 Å². The smallest absolute Gasteiger partial charge is 0.394 e. The fourth-order valence-corrected chi connectivity index (χ4v) is 4.25. The van der Waals surface area contributed by atoms with Gasteiger partial charge in [-0.3, -0.25) is 0 Å². The van der Waals surface area contributed by atoms with E-state index in [1.54, 1.807) is 0 Å². The second-order valence-corrected chi connectivity index (χ2v) is 12.0. The zero-order valence-electron chi connectivity index (χ0n) is 30.9. The first-order chi connectivity index (χ1) is 27.3. The Morgan fingerprint density at radius 3 is 0.932 bits per heavy atom. The summed E-state index contributed by atoms with van der Waals surface area (Å²) in [5, 5.41) is 8.56. The van der Waals surface area contributed by atoms with Gasteiger partial charge in [-0.15, -0.1) is 0 Å². The lowest BCUT2D eigenvalue weighted by molar-refractivity contribution is -0.461. The van der Waals surface area contributed by atoms with Crippen molar-refractivity contribution < 1.29 is 118 Å². The summed E-state index contributed by atoms with van der Waals surface area (Å²) < 4.78 is 271. The Morgan fingerprint density at radius 1 is 0.339 bits per heavy atom. The van der Waals surface area contributed by atoms with E-state index in [1.807, 2.05) is 0 Å². The summed E-state index contributed by atoms with van der Waals surface area (Å²) in [5.74, 6) is -56.4. The minimum Gasteiger partial charge on any atom is -0.394 e. The standard InChI is InChI=1S/C33H43F17O9/c34-26(35,27(36,37)28(38,39)29(40,41)30(42,43)31(44,45)32(46,47)33(48,49)50)6-5-24-1-3-25(4-2-24)23-59-22-21-58-20-19-57-18-17-56-16-15-55-14-13-54-12-11-53-10-9-52-8-7-51/h1-4,51H,5-23H2. The lowest BCUT2D eigenvalue weighted by atomic mass is 9.87. The van der Waals surface area contributed by atoms with Gasteiger partial charge >= 0.3 is 47.6 Å². The molecule has 0 fully saturated rings. The predicted octanol–water partition coefficient (Wildman–Crippen LogP) is 7.25. The SMILES string of the molecule is OCCOCCOCCOCCOCCOCCOCCOCCOCc1ccc(CCC(F)(F)C(F)(F)C(F)(F)C(F)(F)C(F)(F)C(F)(F)C(F)(F)C(F)(F)F)cc1. The third kappa shape index (κ3) is 15.2. The van der Waals surface area contributed by atoms with Crippen molar-refractivity contribution in [1.82, 2.24) is 0 Å². The lowest BCUT2D eigenvalue weighted by Crippen LogP contribution is -2.74. The van der Waals surface area contributed by atoms with Crippen molar-refractivity contribution in [2.24, 2.45) is 0 Å². The van der Waals surface area contributed by atoms with Crippen molar-refractivity contribution >= 4 is 0 Å². The van der Waals surface area contributed by atoms with Gasteiger partial charge in [0.2, 0.25) is 0 Å². The summed E-state index contributed by atoms with van der Waals surface area (Å²) >= 11 is 0. The Morgan fingerprint density at radius 2 is 0.610 bits per heavy atom. The maximum absolute atomic E-state index is 14.2. The van der Waals surface area contributed by atoms with Gasteiger partial charge in [-0.05, 0) is 17.5 Å². The van der Waals surface area contributed by atoms with Gasteiger partial charge in [-0.2, -0.15) is 74.6 Å². The largest absolute Gasteiger partial charge is 0.460 e. The quantitative estimate of drug-likeness (QED) is 0.0568. The molecule has 1 aromatic rings. The number of hydrogen-bond donors (Lipinski definition) is 1. The van der Waals surface area contributed by atoms with Crippen LogP contribution >= 0.6 is 0 Å². The number of aliphatic hydroxyl groups excluding tert-OH is 1. The fourth-order valence-electron chi connectivity index (χ4n) is 4.25. The highest BCUT2D eigenvalue weighted by Crippen LogP contribution is 2.64. The van der Waals surface area contributed by atoms with Crippen LogP contribution in [0.2, 0.25) is 0 Å². The first-order valence-electron chi connectivity index (χ1n) is 17.3. The van der Waals surface area contributed by atoms with Gasteiger partial charge in [0.05, 0.1) is 112 Å². The second-order valence-electron chi connectivity index (χ2n) is 12.0. The number of alkyl halides is 17. The minimum absolute atomic E-state index is 0.0320. The molecule has 0 aliphatic heterocycles. The molecule has 0 saturated heterocycles. The number of rotatable bonds is 34. The molecule has 59 heavy (non-hydrogen) atoms. The molecule has 1 rings (SSSR count). The summed E-state index contributed by atoms with van der Waals surface area (Å²) in [6, 6.07) is 4.23. The first-order valence-corrected chi connectivity index (χ1v) is 17.3. The molecule has 0 atom stereocenters. The van der Waals surface area contributed by atoms with Crippen LogP contribution in [-0.2, 0) is 50.9 Å². The molecule has 9 nitrogen and oxygen atoms in total. The number of ether oxygens (including phenoxy) is 8. The van der Waals surface area contributed by atoms with Gasteiger partial charge in [0, 0.05) is 6.42 Å². The van der Waals surface area contributed by atoms with Crippen molar-refractivity contribution in [3.8, 4) is 0 Å². The molecule has 0 aliphatic carbocycles. The minimum atomic E-state index is -8.65. The molecule has 0 aliphatic rings. The Bertz CT molecular complexity index is 1290. The zero-order valence-corrected chi connectivity index (χ0v) is 30.9. The van der Waals surface area contributed by atoms with Gasteiger partial charge in [0.25, 0.3) is 0 Å². The zero-order chi connectivity index (χ0) is 45.1. The number of aryl methyl sites for hydroxylation is 1. The maximum Gasteiger partial charge on any atom is 0.460 e. The summed E-state index contributed by atoms with van der Waals surface area (Å²) in [6.07, 6.45) is -11.7. The van der Waals surface area contributed by atoms with E-state index in [4.69, 9.17) is 43.0 Å². The van der Waals surface area contributed by atoms with Gasteiger partial charge < -0.3 is 43.0 Å². The maximum atomic E-state index is 14.2. The van der Waals surface area contributed by atoms with Crippen molar-refractivity contribution in [1.29, 1.82) is 0 Å². The molecule has 0 heterocycles. The van der Waals surface area contributed by atoms with Crippen LogP contribution < -0.4 is 0 Å².